The van der Waals surface area contributed by atoms with Gasteiger partial charge in [0.15, 0.2) is 5.11 Å². The molecule has 0 unspecified atom stereocenters. The lowest BCUT2D eigenvalue weighted by Crippen LogP contribution is -2.40. The molecule has 0 amide bonds. The van der Waals surface area contributed by atoms with Crippen LogP contribution in [0.5, 0.6) is 0 Å². The van der Waals surface area contributed by atoms with E-state index in [1.54, 1.807) is 0 Å². The van der Waals surface area contributed by atoms with Gasteiger partial charge in [0.25, 0.3) is 0 Å². The number of rotatable bonds is 7. The molecule has 90 valence electrons. The van der Waals surface area contributed by atoms with E-state index in [-0.39, 0.29) is 0 Å². The number of thiocarbonyl (C=S) groups is 1. The van der Waals surface area contributed by atoms with E-state index >= 15 is 0 Å². The Morgan fingerprint density at radius 1 is 1.20 bits per heavy atom. The summed E-state index contributed by atoms with van der Waals surface area (Å²) >= 11 is 4.97. The van der Waals surface area contributed by atoms with Crippen LogP contribution in [0.15, 0.2) is 0 Å². The van der Waals surface area contributed by atoms with Crippen molar-refractivity contribution in [2.75, 3.05) is 25.9 Å². The minimum absolute atomic E-state index is 0.342. The normalized spacial score (nSPS) is 11.1. The highest BCUT2D eigenvalue weighted by molar-refractivity contribution is 7.88. The maximum absolute atomic E-state index is 10.7. The van der Waals surface area contributed by atoms with Crippen molar-refractivity contribution in [1.29, 1.82) is 0 Å². The fraction of sp³-hybridized carbons (Fsp3) is 0.875. The van der Waals surface area contributed by atoms with Crippen LogP contribution in [-0.4, -0.2) is 39.4 Å². The van der Waals surface area contributed by atoms with Crippen LogP contribution >= 0.6 is 12.2 Å². The Balaban J connectivity index is 3.39. The van der Waals surface area contributed by atoms with Crippen LogP contribution in [-0.2, 0) is 10.0 Å². The average Bonchev–Trinajstić information content (AvgIpc) is 2.11. The molecule has 0 aliphatic rings. The number of hydrogen-bond donors (Lipinski definition) is 3. The molecule has 0 aliphatic heterocycles. The molecule has 15 heavy (non-hydrogen) atoms. The number of nitrogens with one attached hydrogen (secondary N) is 3. The van der Waals surface area contributed by atoms with Crippen LogP contribution < -0.4 is 15.4 Å². The highest BCUT2D eigenvalue weighted by Crippen LogP contribution is 1.81. The molecule has 0 saturated carbocycles. The van der Waals surface area contributed by atoms with Gasteiger partial charge in [-0.2, -0.15) is 0 Å². The third-order valence-corrected chi connectivity index (χ3v) is 2.61. The minimum Gasteiger partial charge on any atom is -0.363 e. The maximum atomic E-state index is 10.7. The first-order chi connectivity index (χ1) is 6.95. The van der Waals surface area contributed by atoms with Crippen molar-refractivity contribution < 1.29 is 8.42 Å². The largest absolute Gasteiger partial charge is 0.363 e. The van der Waals surface area contributed by atoms with Crippen molar-refractivity contribution in [3.05, 3.63) is 0 Å². The molecule has 0 aromatic carbocycles. The second-order valence-corrected chi connectivity index (χ2v) is 5.44. The predicted molar refractivity (Wildman–Crippen MR) is 66.4 cm³/mol. The fourth-order valence-electron chi connectivity index (χ4n) is 0.854. The van der Waals surface area contributed by atoms with Gasteiger partial charge < -0.3 is 10.6 Å². The standard InChI is InChI=1S/C8H19N3O2S2/c1-3-4-5-9-8(14)10-6-7-11-15(2,12)13/h11H,3-7H2,1-2H3,(H2,9,10,14). The molecule has 0 aromatic rings. The summed E-state index contributed by atoms with van der Waals surface area (Å²) in [7, 11) is -3.10. The van der Waals surface area contributed by atoms with Crippen LogP contribution in [0.25, 0.3) is 0 Å². The van der Waals surface area contributed by atoms with Gasteiger partial charge in [-0.1, -0.05) is 13.3 Å². The molecule has 0 bridgehead atoms. The average molecular weight is 253 g/mol. The van der Waals surface area contributed by atoms with Gasteiger partial charge in [0, 0.05) is 19.6 Å². The summed E-state index contributed by atoms with van der Waals surface area (Å²) in [6, 6.07) is 0. The van der Waals surface area contributed by atoms with Gasteiger partial charge in [-0.15, -0.1) is 0 Å². The molecule has 3 N–H and O–H groups in total. The molecular formula is C8H19N3O2S2. The summed E-state index contributed by atoms with van der Waals surface area (Å²) in [6.45, 7) is 3.79. The molecule has 0 aliphatic carbocycles. The second-order valence-electron chi connectivity index (χ2n) is 3.20. The lowest BCUT2D eigenvalue weighted by Gasteiger charge is -2.09. The SMILES string of the molecule is CCCCNC(=S)NCCNS(C)(=O)=O. The zero-order valence-corrected chi connectivity index (χ0v) is 10.8. The van der Waals surface area contributed by atoms with Crippen molar-refractivity contribution in [1.82, 2.24) is 15.4 Å². The molecule has 0 radical (unpaired) electrons. The van der Waals surface area contributed by atoms with E-state index in [0.29, 0.717) is 18.2 Å². The highest BCUT2D eigenvalue weighted by Gasteiger charge is 1.99. The number of sulfonamides is 1. The molecular weight excluding hydrogens is 234 g/mol. The first kappa shape index (κ1) is 14.6. The van der Waals surface area contributed by atoms with Crippen molar-refractivity contribution >= 4 is 27.4 Å². The van der Waals surface area contributed by atoms with Gasteiger partial charge in [0.1, 0.15) is 0 Å². The van der Waals surface area contributed by atoms with Crippen molar-refractivity contribution in [3.63, 3.8) is 0 Å². The van der Waals surface area contributed by atoms with Crippen LogP contribution in [0.1, 0.15) is 19.8 Å². The van der Waals surface area contributed by atoms with Crippen LogP contribution in [0.4, 0.5) is 0 Å². The molecule has 0 spiro atoms. The van der Waals surface area contributed by atoms with Crippen molar-refractivity contribution in [3.8, 4) is 0 Å². The molecule has 0 rings (SSSR count). The quantitative estimate of drug-likeness (QED) is 0.433. The van der Waals surface area contributed by atoms with Gasteiger partial charge >= 0.3 is 0 Å². The van der Waals surface area contributed by atoms with Gasteiger partial charge in [0.2, 0.25) is 10.0 Å². The number of unbranched alkanes of at least 4 members (excludes halogenated alkanes) is 1. The molecule has 0 fully saturated rings. The molecule has 5 nitrogen and oxygen atoms in total. The topological polar surface area (TPSA) is 70.2 Å². The zero-order valence-electron chi connectivity index (χ0n) is 9.17. The van der Waals surface area contributed by atoms with Crippen LogP contribution in [0.2, 0.25) is 0 Å². The van der Waals surface area contributed by atoms with E-state index in [9.17, 15) is 8.42 Å². The Bertz CT molecular complexity index is 278. The Morgan fingerprint density at radius 3 is 2.33 bits per heavy atom. The molecule has 0 heterocycles. The van der Waals surface area contributed by atoms with Gasteiger partial charge in [0.05, 0.1) is 6.26 Å². The monoisotopic (exact) mass is 253 g/mol. The van der Waals surface area contributed by atoms with Gasteiger partial charge in [-0.3, -0.25) is 0 Å². The third-order valence-electron chi connectivity index (χ3n) is 1.59. The summed E-state index contributed by atoms with van der Waals surface area (Å²) < 4.78 is 23.8. The minimum atomic E-state index is -3.10. The lowest BCUT2D eigenvalue weighted by atomic mass is 10.3. The Kier molecular flexibility index (Phi) is 7.63. The molecule has 0 aromatic heterocycles. The van der Waals surface area contributed by atoms with E-state index in [4.69, 9.17) is 12.2 Å². The number of hydrogen-bond acceptors (Lipinski definition) is 3. The first-order valence-electron chi connectivity index (χ1n) is 4.92. The summed E-state index contributed by atoms with van der Waals surface area (Å²) in [5, 5.41) is 6.50. The van der Waals surface area contributed by atoms with Crippen LogP contribution in [0, 0.1) is 0 Å². The van der Waals surface area contributed by atoms with E-state index in [0.717, 1.165) is 25.6 Å². The second kappa shape index (κ2) is 7.84. The Morgan fingerprint density at radius 2 is 1.80 bits per heavy atom. The molecule has 0 saturated heterocycles. The van der Waals surface area contributed by atoms with Gasteiger partial charge in [-0.25, -0.2) is 13.1 Å². The summed E-state index contributed by atoms with van der Waals surface area (Å²) in [4.78, 5) is 0. The maximum Gasteiger partial charge on any atom is 0.208 e. The van der Waals surface area contributed by atoms with E-state index in [2.05, 4.69) is 22.3 Å². The Hall–Kier alpha value is -0.400. The van der Waals surface area contributed by atoms with E-state index < -0.39 is 10.0 Å². The van der Waals surface area contributed by atoms with E-state index in [1.807, 2.05) is 0 Å². The highest BCUT2D eigenvalue weighted by atomic mass is 32.2. The van der Waals surface area contributed by atoms with Crippen LogP contribution in [0.3, 0.4) is 0 Å². The fourth-order valence-corrected chi connectivity index (χ4v) is 1.53. The van der Waals surface area contributed by atoms with Crippen molar-refractivity contribution in [2.24, 2.45) is 0 Å². The predicted octanol–water partition coefficient (Wildman–Crippen LogP) is -0.200. The van der Waals surface area contributed by atoms with E-state index in [1.165, 1.54) is 0 Å². The molecule has 0 atom stereocenters. The van der Waals surface area contributed by atoms with Gasteiger partial charge in [-0.05, 0) is 18.6 Å². The summed E-state index contributed by atoms with van der Waals surface area (Å²) in [5.74, 6) is 0. The summed E-state index contributed by atoms with van der Waals surface area (Å²) in [6.07, 6.45) is 3.32. The summed E-state index contributed by atoms with van der Waals surface area (Å²) in [5.41, 5.74) is 0. The smallest absolute Gasteiger partial charge is 0.208 e. The van der Waals surface area contributed by atoms with Crippen molar-refractivity contribution in [2.45, 2.75) is 19.8 Å². The third kappa shape index (κ3) is 11.5. The molecule has 7 heteroatoms. The first-order valence-corrected chi connectivity index (χ1v) is 7.22. The Labute approximate surface area is 97.1 Å². The zero-order chi connectivity index (χ0) is 11.7. The lowest BCUT2D eigenvalue weighted by molar-refractivity contribution is 0.587.